The highest BCUT2D eigenvalue weighted by Gasteiger charge is 2.22. The van der Waals surface area contributed by atoms with Crippen LogP contribution in [0.1, 0.15) is 30.7 Å². The molecule has 21 heavy (non-hydrogen) atoms. The molecule has 0 bridgehead atoms. The van der Waals surface area contributed by atoms with Gasteiger partial charge in [0.1, 0.15) is 11.9 Å². The number of nitrogens with zero attached hydrogens (tertiary/aromatic N) is 1. The minimum Gasteiger partial charge on any atom is -0.371 e. The normalized spacial score (nSPS) is 13.9. The Morgan fingerprint density at radius 2 is 1.95 bits per heavy atom. The minimum absolute atomic E-state index is 0.231. The molecule has 0 aliphatic carbocycles. The number of aromatic nitrogens is 1. The van der Waals surface area contributed by atoms with E-state index in [1.807, 2.05) is 25.1 Å². The van der Waals surface area contributed by atoms with Crippen molar-refractivity contribution in [1.82, 2.24) is 4.98 Å². The molecule has 1 heterocycles. The SMILES string of the molecule is CCC(N)C(OCCc1ccccn1)c1ccccc1F. The maximum Gasteiger partial charge on any atom is 0.129 e. The van der Waals surface area contributed by atoms with Gasteiger partial charge in [-0.1, -0.05) is 31.2 Å². The number of hydrogen-bond donors (Lipinski definition) is 1. The summed E-state index contributed by atoms with van der Waals surface area (Å²) in [5.74, 6) is -0.274. The first-order chi connectivity index (χ1) is 10.2. The van der Waals surface area contributed by atoms with E-state index in [9.17, 15) is 4.39 Å². The van der Waals surface area contributed by atoms with E-state index in [2.05, 4.69) is 4.98 Å². The lowest BCUT2D eigenvalue weighted by Gasteiger charge is -2.24. The van der Waals surface area contributed by atoms with Crippen molar-refractivity contribution in [3.8, 4) is 0 Å². The van der Waals surface area contributed by atoms with Crippen LogP contribution in [0.5, 0.6) is 0 Å². The fourth-order valence-corrected chi connectivity index (χ4v) is 2.20. The predicted octanol–water partition coefficient (Wildman–Crippen LogP) is 3.26. The number of nitrogens with two attached hydrogens (primary N) is 1. The van der Waals surface area contributed by atoms with Crippen LogP contribution in [0.2, 0.25) is 0 Å². The van der Waals surface area contributed by atoms with Gasteiger partial charge in [0.05, 0.1) is 6.61 Å². The van der Waals surface area contributed by atoms with Crippen molar-refractivity contribution in [1.29, 1.82) is 0 Å². The van der Waals surface area contributed by atoms with Crippen LogP contribution in [0.25, 0.3) is 0 Å². The summed E-state index contributed by atoms with van der Waals surface area (Å²) < 4.78 is 19.8. The Bertz CT molecular complexity index is 547. The predicted molar refractivity (Wildman–Crippen MR) is 81.3 cm³/mol. The molecule has 0 aliphatic rings. The van der Waals surface area contributed by atoms with Crippen molar-refractivity contribution in [2.24, 2.45) is 5.73 Å². The molecular formula is C17H21FN2O. The van der Waals surface area contributed by atoms with E-state index >= 15 is 0 Å². The van der Waals surface area contributed by atoms with E-state index in [1.54, 1.807) is 24.4 Å². The Morgan fingerprint density at radius 1 is 1.19 bits per heavy atom. The second-order valence-corrected chi connectivity index (χ2v) is 4.96. The molecule has 1 aromatic carbocycles. The summed E-state index contributed by atoms with van der Waals surface area (Å²) in [6.07, 6.45) is 2.73. The van der Waals surface area contributed by atoms with Gasteiger partial charge in [-0.25, -0.2) is 4.39 Å². The third kappa shape index (κ3) is 4.34. The smallest absolute Gasteiger partial charge is 0.129 e. The number of hydrogen-bond acceptors (Lipinski definition) is 3. The van der Waals surface area contributed by atoms with E-state index in [0.29, 0.717) is 18.6 Å². The van der Waals surface area contributed by atoms with E-state index < -0.39 is 6.10 Å². The summed E-state index contributed by atoms with van der Waals surface area (Å²) in [7, 11) is 0. The number of ether oxygens (including phenoxy) is 1. The van der Waals surface area contributed by atoms with Crippen LogP contribution in [0.4, 0.5) is 4.39 Å². The molecule has 2 rings (SSSR count). The largest absolute Gasteiger partial charge is 0.371 e. The Morgan fingerprint density at radius 3 is 2.62 bits per heavy atom. The third-order valence-corrected chi connectivity index (χ3v) is 3.45. The zero-order chi connectivity index (χ0) is 15.1. The van der Waals surface area contributed by atoms with Gasteiger partial charge in [0, 0.05) is 29.9 Å². The van der Waals surface area contributed by atoms with Crippen molar-refractivity contribution < 1.29 is 9.13 Å². The van der Waals surface area contributed by atoms with Crippen LogP contribution >= 0.6 is 0 Å². The minimum atomic E-state index is -0.431. The first-order valence-electron chi connectivity index (χ1n) is 7.24. The summed E-state index contributed by atoms with van der Waals surface area (Å²) in [6.45, 7) is 2.43. The number of halogens is 1. The Labute approximate surface area is 125 Å². The molecule has 0 saturated carbocycles. The molecule has 112 valence electrons. The highest BCUT2D eigenvalue weighted by atomic mass is 19.1. The first kappa shape index (κ1) is 15.6. The van der Waals surface area contributed by atoms with Crippen molar-refractivity contribution in [3.63, 3.8) is 0 Å². The number of pyridine rings is 1. The second-order valence-electron chi connectivity index (χ2n) is 4.96. The Hall–Kier alpha value is -1.78. The maximum atomic E-state index is 13.9. The van der Waals surface area contributed by atoms with Crippen molar-refractivity contribution >= 4 is 0 Å². The summed E-state index contributed by atoms with van der Waals surface area (Å²) in [5, 5.41) is 0. The molecule has 3 nitrogen and oxygen atoms in total. The first-order valence-corrected chi connectivity index (χ1v) is 7.24. The van der Waals surface area contributed by atoms with E-state index in [-0.39, 0.29) is 11.9 Å². The fourth-order valence-electron chi connectivity index (χ4n) is 2.20. The molecule has 0 spiro atoms. The van der Waals surface area contributed by atoms with Gasteiger partial charge in [-0.3, -0.25) is 4.98 Å². The van der Waals surface area contributed by atoms with Gasteiger partial charge >= 0.3 is 0 Å². The highest BCUT2D eigenvalue weighted by Crippen LogP contribution is 2.24. The molecule has 2 unspecified atom stereocenters. The second kappa shape index (κ2) is 7.86. The molecule has 4 heteroatoms. The van der Waals surface area contributed by atoms with Gasteiger partial charge < -0.3 is 10.5 Å². The molecule has 0 radical (unpaired) electrons. The number of rotatable bonds is 7. The van der Waals surface area contributed by atoms with Gasteiger partial charge in [0.2, 0.25) is 0 Å². The summed E-state index contributed by atoms with van der Waals surface area (Å²) in [5.41, 5.74) is 7.57. The average molecular weight is 288 g/mol. The molecule has 2 aromatic rings. The van der Waals surface area contributed by atoms with E-state index in [4.69, 9.17) is 10.5 Å². The Balaban J connectivity index is 2.02. The fraction of sp³-hybridized carbons (Fsp3) is 0.353. The van der Waals surface area contributed by atoms with Crippen LogP contribution in [0.3, 0.4) is 0 Å². The quantitative estimate of drug-likeness (QED) is 0.850. The van der Waals surface area contributed by atoms with Gasteiger partial charge in [0.25, 0.3) is 0 Å². The topological polar surface area (TPSA) is 48.1 Å². The van der Waals surface area contributed by atoms with Gasteiger partial charge in [0.15, 0.2) is 0 Å². The highest BCUT2D eigenvalue weighted by molar-refractivity contribution is 5.21. The van der Waals surface area contributed by atoms with Gasteiger partial charge in [-0.2, -0.15) is 0 Å². The maximum absolute atomic E-state index is 13.9. The van der Waals surface area contributed by atoms with E-state index in [1.165, 1.54) is 6.07 Å². The number of benzene rings is 1. The molecule has 2 N–H and O–H groups in total. The van der Waals surface area contributed by atoms with Crippen LogP contribution in [-0.4, -0.2) is 17.6 Å². The third-order valence-electron chi connectivity index (χ3n) is 3.45. The lowest BCUT2D eigenvalue weighted by Crippen LogP contribution is -2.30. The van der Waals surface area contributed by atoms with Crippen molar-refractivity contribution in [2.45, 2.75) is 31.9 Å². The summed E-state index contributed by atoms with van der Waals surface area (Å²) in [4.78, 5) is 4.25. The van der Waals surface area contributed by atoms with E-state index in [0.717, 1.165) is 12.1 Å². The standard InChI is InChI=1S/C17H21FN2O/c1-2-16(19)17(14-8-3-4-9-15(14)18)21-12-10-13-7-5-6-11-20-13/h3-9,11,16-17H,2,10,12,19H2,1H3. The lowest BCUT2D eigenvalue weighted by molar-refractivity contribution is 0.0327. The zero-order valence-corrected chi connectivity index (χ0v) is 12.2. The van der Waals surface area contributed by atoms with Crippen molar-refractivity contribution in [3.05, 3.63) is 65.7 Å². The average Bonchev–Trinajstić information content (AvgIpc) is 2.53. The molecule has 1 aromatic heterocycles. The zero-order valence-electron chi connectivity index (χ0n) is 12.2. The molecule has 0 saturated heterocycles. The molecule has 2 atom stereocenters. The van der Waals surface area contributed by atoms with Gasteiger partial charge in [-0.15, -0.1) is 0 Å². The summed E-state index contributed by atoms with van der Waals surface area (Å²) in [6, 6.07) is 12.2. The van der Waals surface area contributed by atoms with Crippen LogP contribution in [0.15, 0.2) is 48.7 Å². The van der Waals surface area contributed by atoms with Gasteiger partial charge in [-0.05, 0) is 24.6 Å². The van der Waals surface area contributed by atoms with Crippen LogP contribution < -0.4 is 5.73 Å². The molecule has 0 fully saturated rings. The van der Waals surface area contributed by atoms with Crippen molar-refractivity contribution in [2.75, 3.05) is 6.61 Å². The molecule has 0 amide bonds. The summed E-state index contributed by atoms with van der Waals surface area (Å²) >= 11 is 0. The van der Waals surface area contributed by atoms with Crippen LogP contribution in [0, 0.1) is 5.82 Å². The monoisotopic (exact) mass is 288 g/mol. The molecular weight excluding hydrogens is 267 g/mol. The molecule has 0 aliphatic heterocycles. The lowest BCUT2D eigenvalue weighted by atomic mass is 10.0. The van der Waals surface area contributed by atoms with Crippen LogP contribution in [-0.2, 0) is 11.2 Å². The Kier molecular flexibility index (Phi) is 5.84.